The van der Waals surface area contributed by atoms with Crippen LogP contribution in [0.1, 0.15) is 0 Å². The molecule has 0 aliphatic rings. The minimum atomic E-state index is -4.31. The predicted octanol–water partition coefficient (Wildman–Crippen LogP) is 2.70. The van der Waals surface area contributed by atoms with Crippen LogP contribution >= 0.6 is 11.8 Å². The Balaban J connectivity index is 2.67. The maximum atomic E-state index is 11.9. The summed E-state index contributed by atoms with van der Waals surface area (Å²) in [7, 11) is 1.58. The van der Waals surface area contributed by atoms with Crippen LogP contribution in [0.5, 0.6) is 0 Å². The van der Waals surface area contributed by atoms with Crippen LogP contribution in [0.25, 0.3) is 0 Å². The van der Waals surface area contributed by atoms with Gasteiger partial charge in [-0.05, 0) is 17.8 Å². The third-order valence-electron chi connectivity index (χ3n) is 1.99. The van der Waals surface area contributed by atoms with E-state index in [4.69, 9.17) is 0 Å². The number of pyridine rings is 1. The van der Waals surface area contributed by atoms with E-state index in [0.717, 1.165) is 0 Å². The molecule has 0 saturated heterocycles. The van der Waals surface area contributed by atoms with E-state index < -0.39 is 10.4 Å². The summed E-state index contributed by atoms with van der Waals surface area (Å²) in [6.07, 6.45) is 0. The Kier molecular flexibility index (Phi) is 5.21. The third kappa shape index (κ3) is 5.20. The van der Waals surface area contributed by atoms with Gasteiger partial charge in [-0.25, -0.2) is 4.98 Å². The molecule has 0 aliphatic carbocycles. The highest BCUT2D eigenvalue weighted by Gasteiger charge is 2.27. The summed E-state index contributed by atoms with van der Waals surface area (Å²) in [5.41, 5.74) is -4.59. The van der Waals surface area contributed by atoms with Crippen LogP contribution in [0.2, 0.25) is 0 Å². The molecular weight excluding hydrogens is 285 g/mol. The first kappa shape index (κ1) is 15.3. The lowest BCUT2D eigenvalue weighted by Crippen LogP contribution is -2.12. The van der Waals surface area contributed by atoms with E-state index in [1.165, 1.54) is 12.1 Å². The fraction of sp³-hybridized carbons (Fsp3) is 0.444. The van der Waals surface area contributed by atoms with Crippen LogP contribution in [0.4, 0.5) is 30.5 Å². The number of alkyl halides is 3. The number of nitrogens with one attached hydrogen (secondary N) is 2. The lowest BCUT2D eigenvalue weighted by atomic mass is 10.3. The van der Waals surface area contributed by atoms with E-state index in [1.807, 2.05) is 0 Å². The fourth-order valence-corrected chi connectivity index (χ4v) is 1.64. The molecule has 1 aromatic rings. The second-order valence-electron chi connectivity index (χ2n) is 3.29. The van der Waals surface area contributed by atoms with Crippen molar-refractivity contribution in [2.75, 3.05) is 30.0 Å². The van der Waals surface area contributed by atoms with Crippen molar-refractivity contribution in [2.45, 2.75) is 5.51 Å². The number of anilines is 2. The molecular formula is C9H11F3N4O2S. The Morgan fingerprint density at radius 1 is 1.47 bits per heavy atom. The maximum absolute atomic E-state index is 11.9. The molecule has 0 saturated carbocycles. The zero-order chi connectivity index (χ0) is 14.5. The highest BCUT2D eigenvalue weighted by Crippen LogP contribution is 2.30. The first-order valence-electron chi connectivity index (χ1n) is 5.11. The lowest BCUT2D eigenvalue weighted by Gasteiger charge is -2.09. The Morgan fingerprint density at radius 2 is 2.16 bits per heavy atom. The van der Waals surface area contributed by atoms with Crippen molar-refractivity contribution in [3.05, 3.63) is 22.2 Å². The molecule has 10 heteroatoms. The predicted molar refractivity (Wildman–Crippen MR) is 67.4 cm³/mol. The van der Waals surface area contributed by atoms with Crippen molar-refractivity contribution >= 4 is 29.1 Å². The highest BCUT2D eigenvalue weighted by atomic mass is 32.2. The summed E-state index contributed by atoms with van der Waals surface area (Å²) >= 11 is -0.199. The molecule has 0 bridgehead atoms. The van der Waals surface area contributed by atoms with Gasteiger partial charge in [0.05, 0.1) is 4.92 Å². The zero-order valence-corrected chi connectivity index (χ0v) is 10.6. The van der Waals surface area contributed by atoms with Crippen LogP contribution in [0.15, 0.2) is 12.1 Å². The van der Waals surface area contributed by atoms with Gasteiger partial charge in [-0.15, -0.1) is 0 Å². The molecule has 19 heavy (non-hydrogen) atoms. The second kappa shape index (κ2) is 6.45. The van der Waals surface area contributed by atoms with E-state index in [-0.39, 0.29) is 35.6 Å². The molecule has 0 aliphatic heterocycles. The van der Waals surface area contributed by atoms with Gasteiger partial charge in [0.1, 0.15) is 5.82 Å². The average molecular weight is 296 g/mol. The molecule has 0 unspecified atom stereocenters. The third-order valence-corrected chi connectivity index (χ3v) is 2.72. The Hall–Kier alpha value is -1.71. The van der Waals surface area contributed by atoms with Crippen LogP contribution in [-0.2, 0) is 0 Å². The van der Waals surface area contributed by atoms with E-state index in [1.54, 1.807) is 7.05 Å². The van der Waals surface area contributed by atoms with E-state index in [9.17, 15) is 23.3 Å². The smallest absolute Gasteiger partial charge is 0.373 e. The average Bonchev–Trinajstić information content (AvgIpc) is 2.33. The van der Waals surface area contributed by atoms with Gasteiger partial charge in [0, 0.05) is 25.4 Å². The number of rotatable bonds is 6. The molecule has 106 valence electrons. The topological polar surface area (TPSA) is 80.1 Å². The van der Waals surface area contributed by atoms with Crippen molar-refractivity contribution in [3.8, 4) is 0 Å². The van der Waals surface area contributed by atoms with Crippen molar-refractivity contribution in [1.29, 1.82) is 0 Å². The largest absolute Gasteiger partial charge is 0.441 e. The molecule has 2 N–H and O–H groups in total. The quantitative estimate of drug-likeness (QED) is 0.477. The van der Waals surface area contributed by atoms with Gasteiger partial charge >= 0.3 is 11.2 Å². The number of hydrogen-bond donors (Lipinski definition) is 2. The number of nitro groups is 1. The number of halogens is 3. The second-order valence-corrected chi connectivity index (χ2v) is 4.45. The minimum Gasteiger partial charge on any atom is -0.373 e. The first-order valence-corrected chi connectivity index (χ1v) is 6.10. The number of nitrogens with zero attached hydrogens (tertiary/aromatic N) is 2. The van der Waals surface area contributed by atoms with Crippen LogP contribution in [0.3, 0.4) is 0 Å². The number of thioether (sulfide) groups is 1. The summed E-state index contributed by atoms with van der Waals surface area (Å²) in [6, 6.07) is 2.64. The van der Waals surface area contributed by atoms with Gasteiger partial charge in [-0.1, -0.05) is 0 Å². The summed E-state index contributed by atoms with van der Waals surface area (Å²) in [5, 5.41) is 16.0. The molecule has 0 amide bonds. The van der Waals surface area contributed by atoms with Gasteiger partial charge in [-0.3, -0.25) is 10.1 Å². The van der Waals surface area contributed by atoms with Gasteiger partial charge in [0.2, 0.25) is 5.82 Å². The molecule has 0 fully saturated rings. The van der Waals surface area contributed by atoms with Crippen molar-refractivity contribution in [1.82, 2.24) is 4.98 Å². The number of hydrogen-bond acceptors (Lipinski definition) is 6. The summed E-state index contributed by atoms with van der Waals surface area (Å²) in [5.74, 6) is 0.0720. The van der Waals surface area contributed by atoms with Gasteiger partial charge < -0.3 is 10.6 Å². The highest BCUT2D eigenvalue weighted by molar-refractivity contribution is 8.00. The van der Waals surface area contributed by atoms with Crippen LogP contribution in [0, 0.1) is 10.1 Å². The van der Waals surface area contributed by atoms with E-state index >= 15 is 0 Å². The molecule has 0 aromatic carbocycles. The number of aromatic nitrogens is 1. The summed E-state index contributed by atoms with van der Waals surface area (Å²) in [4.78, 5) is 14.0. The van der Waals surface area contributed by atoms with Crippen molar-refractivity contribution in [3.63, 3.8) is 0 Å². The summed E-state index contributed by atoms with van der Waals surface area (Å²) < 4.78 is 35.7. The molecule has 1 heterocycles. The molecule has 0 spiro atoms. The fourth-order valence-electron chi connectivity index (χ4n) is 1.20. The minimum absolute atomic E-state index is 0.0559. The Labute approximate surface area is 110 Å². The lowest BCUT2D eigenvalue weighted by molar-refractivity contribution is -0.384. The Morgan fingerprint density at radius 3 is 2.68 bits per heavy atom. The maximum Gasteiger partial charge on any atom is 0.441 e. The molecule has 1 aromatic heterocycles. The molecule has 0 radical (unpaired) electrons. The van der Waals surface area contributed by atoms with Crippen molar-refractivity contribution in [2.24, 2.45) is 0 Å². The molecule has 1 rings (SSSR count). The summed E-state index contributed by atoms with van der Waals surface area (Å²) in [6.45, 7) is -0.0782. The van der Waals surface area contributed by atoms with Crippen LogP contribution < -0.4 is 10.6 Å². The molecule has 0 atom stereocenters. The normalized spacial score (nSPS) is 11.2. The zero-order valence-electron chi connectivity index (χ0n) is 9.82. The van der Waals surface area contributed by atoms with Gasteiger partial charge in [0.25, 0.3) is 0 Å². The van der Waals surface area contributed by atoms with Crippen molar-refractivity contribution < 1.29 is 18.1 Å². The SMILES string of the molecule is CNc1ccc([N+](=O)[O-])c(NCCSC(F)(F)F)n1. The van der Waals surface area contributed by atoms with E-state index in [0.29, 0.717) is 5.82 Å². The van der Waals surface area contributed by atoms with Gasteiger partial charge in [0.15, 0.2) is 0 Å². The van der Waals surface area contributed by atoms with Gasteiger partial charge in [-0.2, -0.15) is 13.2 Å². The van der Waals surface area contributed by atoms with Crippen LogP contribution in [-0.4, -0.2) is 34.8 Å². The monoisotopic (exact) mass is 296 g/mol. The standard InChI is InChI=1S/C9H11F3N4O2S/c1-13-7-3-2-6(16(17)18)8(15-7)14-4-5-19-9(10,11)12/h2-3H,4-5H2,1H3,(H2,13,14,15). The molecule has 6 nitrogen and oxygen atoms in total. The Bertz CT molecular complexity index is 456. The first-order chi connectivity index (χ1) is 8.83. The van der Waals surface area contributed by atoms with E-state index in [2.05, 4.69) is 15.6 Å².